The summed E-state index contributed by atoms with van der Waals surface area (Å²) in [5, 5.41) is 14.9. The van der Waals surface area contributed by atoms with Gasteiger partial charge in [-0.05, 0) is 54.5 Å². The first-order valence-electron chi connectivity index (χ1n) is 9.37. The first-order valence-corrected chi connectivity index (χ1v) is 9.37. The number of aliphatic carboxylic acids is 1. The monoisotopic (exact) mass is 450 g/mol. The summed E-state index contributed by atoms with van der Waals surface area (Å²) >= 11 is 0. The first-order chi connectivity index (χ1) is 15.1. The van der Waals surface area contributed by atoms with Crippen LogP contribution in [0.4, 0.5) is 23.2 Å². The van der Waals surface area contributed by atoms with Crippen LogP contribution in [-0.2, 0) is 20.5 Å². The van der Waals surface area contributed by atoms with Gasteiger partial charge in [-0.3, -0.25) is 4.79 Å². The van der Waals surface area contributed by atoms with E-state index >= 15 is 0 Å². The summed E-state index contributed by atoms with van der Waals surface area (Å²) < 4.78 is 56.5. The van der Waals surface area contributed by atoms with Gasteiger partial charge < -0.3 is 9.84 Å². The van der Waals surface area contributed by atoms with Gasteiger partial charge >= 0.3 is 12.1 Å². The number of carbonyl (C=O) groups excluding carboxylic acids is 1. The summed E-state index contributed by atoms with van der Waals surface area (Å²) in [6.07, 6.45) is -3.56. The minimum absolute atomic E-state index is 0.0404. The van der Waals surface area contributed by atoms with Crippen molar-refractivity contribution in [3.8, 4) is 0 Å². The molecule has 1 unspecified atom stereocenters. The molecule has 168 valence electrons. The van der Waals surface area contributed by atoms with Gasteiger partial charge in [-0.15, -0.1) is 0 Å². The Kier molecular flexibility index (Phi) is 6.73. The summed E-state index contributed by atoms with van der Waals surface area (Å²) in [7, 11) is 1.39. The van der Waals surface area contributed by atoms with Crippen molar-refractivity contribution in [3.63, 3.8) is 0 Å². The van der Waals surface area contributed by atoms with E-state index in [2.05, 4.69) is 5.10 Å². The number of nitrogens with zero attached hydrogens (tertiary/aromatic N) is 2. The summed E-state index contributed by atoms with van der Waals surface area (Å²) in [4.78, 5) is 24.8. The van der Waals surface area contributed by atoms with Crippen LogP contribution in [0.3, 0.4) is 0 Å². The maximum absolute atomic E-state index is 13.2. The van der Waals surface area contributed by atoms with Crippen LogP contribution in [-0.4, -0.2) is 36.4 Å². The zero-order chi connectivity index (χ0) is 23.5. The lowest BCUT2D eigenvalue weighted by molar-refractivity contribution is -0.137. The Hall–Kier alpha value is -3.53. The molecule has 3 rings (SSSR count). The number of hydrogen-bond donors (Lipinski definition) is 1. The second-order valence-corrected chi connectivity index (χ2v) is 7.00. The fraction of sp³-hybridized carbons (Fsp3) is 0.227. The molecule has 0 bridgehead atoms. The molecule has 10 heteroatoms. The molecule has 1 atom stereocenters. The number of methoxy groups -OCH3 is 1. The van der Waals surface area contributed by atoms with E-state index in [1.165, 1.54) is 25.3 Å². The molecule has 0 spiro atoms. The molecule has 0 fully saturated rings. The molecule has 0 saturated carbocycles. The van der Waals surface area contributed by atoms with Crippen LogP contribution < -0.4 is 5.01 Å². The number of hydrogen-bond acceptors (Lipinski definition) is 4. The predicted molar refractivity (Wildman–Crippen MR) is 108 cm³/mol. The number of ether oxygens (including phenoxy) is 1. The van der Waals surface area contributed by atoms with Gasteiger partial charge in [-0.2, -0.15) is 18.3 Å². The molecule has 1 heterocycles. The van der Waals surface area contributed by atoms with Gasteiger partial charge in [0.05, 0.1) is 29.5 Å². The Morgan fingerprint density at radius 2 is 1.78 bits per heavy atom. The van der Waals surface area contributed by atoms with Crippen molar-refractivity contribution in [3.05, 3.63) is 71.0 Å². The highest BCUT2D eigenvalue weighted by atomic mass is 19.4. The van der Waals surface area contributed by atoms with E-state index in [4.69, 9.17) is 4.74 Å². The predicted octanol–water partition coefficient (Wildman–Crippen LogP) is 4.37. The van der Waals surface area contributed by atoms with Crippen LogP contribution in [0.25, 0.3) is 6.08 Å². The second-order valence-electron chi connectivity index (χ2n) is 7.00. The van der Waals surface area contributed by atoms with E-state index in [9.17, 15) is 32.3 Å². The van der Waals surface area contributed by atoms with Gasteiger partial charge in [0.2, 0.25) is 0 Å². The van der Waals surface area contributed by atoms with Gasteiger partial charge in [0.15, 0.2) is 0 Å². The highest BCUT2D eigenvalue weighted by molar-refractivity contribution is 6.16. The van der Waals surface area contributed by atoms with Crippen LogP contribution in [0.2, 0.25) is 0 Å². The lowest BCUT2D eigenvalue weighted by atomic mass is 9.93. The zero-order valence-corrected chi connectivity index (χ0v) is 16.8. The molecule has 1 aliphatic rings. The largest absolute Gasteiger partial charge is 0.478 e. The van der Waals surface area contributed by atoms with Crippen molar-refractivity contribution in [1.82, 2.24) is 0 Å². The Labute approximate surface area is 180 Å². The van der Waals surface area contributed by atoms with Crippen LogP contribution in [0.1, 0.15) is 17.5 Å². The number of carboxylic acid groups (broad SMARTS) is 1. The van der Waals surface area contributed by atoms with E-state index < -0.39 is 35.4 Å². The number of hydrazone groups is 1. The molecule has 1 N–H and O–H groups in total. The molecular weight excluding hydrogens is 432 g/mol. The third-order valence-electron chi connectivity index (χ3n) is 4.78. The maximum Gasteiger partial charge on any atom is 0.416 e. The van der Waals surface area contributed by atoms with Gasteiger partial charge in [0.25, 0.3) is 5.91 Å². The standard InChI is InChI=1S/C22H18F4N2O4/c1-32-12-19-18(20(29)28(27-19)17-8-6-16(23)7-9-17)11-14(21(30)31)10-13-2-4-15(5-3-13)22(24,25)26/h2-10,18H,11-12H2,1H3,(H,30,31). The molecule has 32 heavy (non-hydrogen) atoms. The number of anilines is 1. The highest BCUT2D eigenvalue weighted by Gasteiger charge is 2.38. The summed E-state index contributed by atoms with van der Waals surface area (Å²) in [5.74, 6) is -3.31. The average molecular weight is 450 g/mol. The molecule has 6 nitrogen and oxygen atoms in total. The van der Waals surface area contributed by atoms with E-state index in [-0.39, 0.29) is 29.9 Å². The van der Waals surface area contributed by atoms with Crippen LogP contribution in [0.5, 0.6) is 0 Å². The fourth-order valence-electron chi connectivity index (χ4n) is 3.18. The lowest BCUT2D eigenvalue weighted by Gasteiger charge is -2.15. The molecule has 1 aliphatic heterocycles. The van der Waals surface area contributed by atoms with E-state index in [0.29, 0.717) is 5.69 Å². The van der Waals surface area contributed by atoms with Crippen molar-refractivity contribution in [2.24, 2.45) is 11.0 Å². The van der Waals surface area contributed by atoms with E-state index in [0.717, 1.165) is 41.4 Å². The number of carboxylic acids is 1. The second kappa shape index (κ2) is 9.31. The van der Waals surface area contributed by atoms with E-state index in [1.807, 2.05) is 0 Å². The fourth-order valence-corrected chi connectivity index (χ4v) is 3.18. The topological polar surface area (TPSA) is 79.2 Å². The van der Waals surface area contributed by atoms with Gasteiger partial charge in [0.1, 0.15) is 5.82 Å². The number of halogens is 4. The molecule has 0 aliphatic carbocycles. The van der Waals surface area contributed by atoms with Gasteiger partial charge in [-0.1, -0.05) is 12.1 Å². The minimum atomic E-state index is -4.51. The molecule has 0 radical (unpaired) electrons. The van der Waals surface area contributed by atoms with Crippen molar-refractivity contribution in [2.45, 2.75) is 12.6 Å². The summed E-state index contributed by atoms with van der Waals surface area (Å²) in [6.45, 7) is -0.0404. The average Bonchev–Trinajstić information content (AvgIpc) is 3.03. The summed E-state index contributed by atoms with van der Waals surface area (Å²) in [6, 6.07) is 9.04. The normalized spacial score (nSPS) is 17.0. The third-order valence-corrected chi connectivity index (χ3v) is 4.78. The summed E-state index contributed by atoms with van der Waals surface area (Å²) in [5.41, 5.74) is -0.228. The third kappa shape index (κ3) is 5.20. The zero-order valence-electron chi connectivity index (χ0n) is 16.8. The van der Waals surface area contributed by atoms with Crippen molar-refractivity contribution in [2.75, 3.05) is 18.7 Å². The van der Waals surface area contributed by atoms with Crippen LogP contribution >= 0.6 is 0 Å². The van der Waals surface area contributed by atoms with Gasteiger partial charge in [-0.25, -0.2) is 14.2 Å². The Morgan fingerprint density at radius 1 is 1.16 bits per heavy atom. The number of rotatable bonds is 7. The first kappa shape index (κ1) is 23.1. The number of alkyl halides is 3. The number of carbonyl (C=O) groups is 2. The van der Waals surface area contributed by atoms with Crippen molar-refractivity contribution in [1.29, 1.82) is 0 Å². The Bertz CT molecular complexity index is 1060. The molecule has 1 amide bonds. The SMILES string of the molecule is COCC1=NN(c2ccc(F)cc2)C(=O)C1CC(=Cc1ccc(C(F)(F)F)cc1)C(=O)O. The highest BCUT2D eigenvalue weighted by Crippen LogP contribution is 2.31. The Morgan fingerprint density at radius 3 is 2.31 bits per heavy atom. The quantitative estimate of drug-likeness (QED) is 0.502. The van der Waals surface area contributed by atoms with Gasteiger partial charge in [0, 0.05) is 12.7 Å². The van der Waals surface area contributed by atoms with Crippen molar-refractivity contribution < 1.29 is 37.0 Å². The molecule has 2 aromatic carbocycles. The molecule has 0 aromatic heterocycles. The molecule has 0 saturated heterocycles. The smallest absolute Gasteiger partial charge is 0.416 e. The lowest BCUT2D eigenvalue weighted by Crippen LogP contribution is -2.29. The van der Waals surface area contributed by atoms with Crippen molar-refractivity contribution >= 4 is 29.4 Å². The Balaban J connectivity index is 1.88. The number of benzene rings is 2. The number of amides is 1. The van der Waals surface area contributed by atoms with E-state index in [1.54, 1.807) is 0 Å². The van der Waals surface area contributed by atoms with Crippen LogP contribution in [0, 0.1) is 11.7 Å². The minimum Gasteiger partial charge on any atom is -0.478 e. The molecular formula is C22H18F4N2O4. The molecule has 2 aromatic rings. The maximum atomic E-state index is 13.2. The van der Waals surface area contributed by atoms with Crippen LogP contribution in [0.15, 0.2) is 59.2 Å².